The summed E-state index contributed by atoms with van der Waals surface area (Å²) >= 11 is 0. The van der Waals surface area contributed by atoms with Gasteiger partial charge >= 0.3 is 0 Å². The molecule has 14 heavy (non-hydrogen) atoms. The molecule has 0 bridgehead atoms. The van der Waals surface area contributed by atoms with Gasteiger partial charge in [0, 0.05) is 31.1 Å². The fourth-order valence-electron chi connectivity index (χ4n) is 1.08. The van der Waals surface area contributed by atoms with Gasteiger partial charge in [-0.15, -0.1) is 0 Å². The molecule has 1 aromatic heterocycles. The highest BCUT2D eigenvalue weighted by molar-refractivity contribution is 6.00. The Morgan fingerprint density at radius 1 is 1.64 bits per heavy atom. The van der Waals surface area contributed by atoms with Crippen LogP contribution in [0.3, 0.4) is 0 Å². The molecule has 4 heteroatoms. The lowest BCUT2D eigenvalue weighted by atomic mass is 10.1. The molecule has 1 aromatic rings. The summed E-state index contributed by atoms with van der Waals surface area (Å²) in [6.07, 6.45) is 3.40. The monoisotopic (exact) mass is 194 g/mol. The van der Waals surface area contributed by atoms with Gasteiger partial charge < -0.3 is 10.5 Å². The highest BCUT2D eigenvalue weighted by atomic mass is 16.5. The first-order valence-electron chi connectivity index (χ1n) is 4.56. The quantitative estimate of drug-likeness (QED) is 0.566. The number of ether oxygens (including phenoxy) is 1. The van der Waals surface area contributed by atoms with Crippen LogP contribution in [0, 0.1) is 0 Å². The van der Waals surface area contributed by atoms with E-state index in [-0.39, 0.29) is 5.78 Å². The third-order valence-electron chi connectivity index (χ3n) is 1.83. The maximum atomic E-state index is 11.5. The maximum absolute atomic E-state index is 11.5. The molecular weight excluding hydrogens is 180 g/mol. The highest BCUT2D eigenvalue weighted by Gasteiger charge is 2.08. The van der Waals surface area contributed by atoms with Crippen molar-refractivity contribution in [1.82, 2.24) is 4.98 Å². The minimum absolute atomic E-state index is 0.0240. The molecule has 2 N–H and O–H groups in total. The zero-order valence-electron chi connectivity index (χ0n) is 8.19. The normalized spacial score (nSPS) is 10.1. The van der Waals surface area contributed by atoms with Gasteiger partial charge in [-0.3, -0.25) is 9.78 Å². The van der Waals surface area contributed by atoms with Gasteiger partial charge in [0.2, 0.25) is 0 Å². The fraction of sp³-hybridized carbons (Fsp3) is 0.400. The minimum Gasteiger partial charge on any atom is -0.398 e. The molecule has 0 spiro atoms. The summed E-state index contributed by atoms with van der Waals surface area (Å²) in [6, 6.07) is 1.62. The number of ketones is 1. The number of carbonyl (C=O) groups is 1. The van der Waals surface area contributed by atoms with Crippen LogP contribution >= 0.6 is 0 Å². The lowest BCUT2D eigenvalue weighted by Gasteiger charge is -2.03. The Kier molecular flexibility index (Phi) is 4.07. The predicted octanol–water partition coefficient (Wildman–Crippen LogP) is 1.27. The third-order valence-corrected chi connectivity index (χ3v) is 1.83. The predicted molar refractivity (Wildman–Crippen MR) is 54.1 cm³/mol. The van der Waals surface area contributed by atoms with Crippen molar-refractivity contribution >= 4 is 11.5 Å². The van der Waals surface area contributed by atoms with Crippen LogP contribution in [-0.4, -0.2) is 24.0 Å². The Hall–Kier alpha value is -1.42. The van der Waals surface area contributed by atoms with Crippen molar-refractivity contribution in [2.24, 2.45) is 0 Å². The number of aromatic nitrogens is 1. The second kappa shape index (κ2) is 5.34. The van der Waals surface area contributed by atoms with Gasteiger partial charge in [0.1, 0.15) is 0 Å². The molecular formula is C10H14N2O2. The molecule has 0 aliphatic rings. The molecule has 0 aliphatic carbocycles. The number of rotatable bonds is 5. The molecule has 76 valence electrons. The summed E-state index contributed by atoms with van der Waals surface area (Å²) < 4.78 is 5.08. The number of anilines is 1. The average molecular weight is 194 g/mol. The molecule has 0 saturated heterocycles. The zero-order chi connectivity index (χ0) is 10.4. The van der Waals surface area contributed by atoms with Gasteiger partial charge in [0.25, 0.3) is 0 Å². The van der Waals surface area contributed by atoms with Gasteiger partial charge in [-0.05, 0) is 13.0 Å². The first-order valence-corrected chi connectivity index (χ1v) is 4.56. The third kappa shape index (κ3) is 2.81. The summed E-state index contributed by atoms with van der Waals surface area (Å²) in [5.74, 6) is -0.0240. The highest BCUT2D eigenvalue weighted by Crippen LogP contribution is 2.10. The van der Waals surface area contributed by atoms with Crippen LogP contribution in [0.1, 0.15) is 23.7 Å². The van der Waals surface area contributed by atoms with Gasteiger partial charge in [-0.25, -0.2) is 0 Å². The Morgan fingerprint density at radius 3 is 3.07 bits per heavy atom. The lowest BCUT2D eigenvalue weighted by molar-refractivity contribution is 0.0896. The van der Waals surface area contributed by atoms with Crippen molar-refractivity contribution in [3.8, 4) is 0 Å². The summed E-state index contributed by atoms with van der Waals surface area (Å²) in [6.45, 7) is 2.95. The van der Waals surface area contributed by atoms with Crippen LogP contribution in [0.2, 0.25) is 0 Å². The van der Waals surface area contributed by atoms with E-state index in [1.54, 1.807) is 12.3 Å². The van der Waals surface area contributed by atoms with E-state index in [0.29, 0.717) is 30.9 Å². The van der Waals surface area contributed by atoms with Crippen LogP contribution in [0.25, 0.3) is 0 Å². The Morgan fingerprint density at radius 2 is 2.43 bits per heavy atom. The summed E-state index contributed by atoms with van der Waals surface area (Å²) in [4.78, 5) is 15.4. The first kappa shape index (κ1) is 10.7. The first-order chi connectivity index (χ1) is 6.75. The minimum atomic E-state index is -0.0240. The fourth-order valence-corrected chi connectivity index (χ4v) is 1.08. The molecule has 0 unspecified atom stereocenters. The maximum Gasteiger partial charge on any atom is 0.168 e. The van der Waals surface area contributed by atoms with Crippen LogP contribution in [-0.2, 0) is 4.74 Å². The number of nitrogens with zero attached hydrogens (tertiary/aromatic N) is 1. The molecule has 0 atom stereocenters. The second-order valence-electron chi connectivity index (χ2n) is 2.83. The lowest BCUT2D eigenvalue weighted by Crippen LogP contribution is -2.07. The second-order valence-corrected chi connectivity index (χ2v) is 2.83. The van der Waals surface area contributed by atoms with E-state index >= 15 is 0 Å². The summed E-state index contributed by atoms with van der Waals surface area (Å²) in [5.41, 5.74) is 6.58. The number of hydrogen-bond donors (Lipinski definition) is 1. The number of hydrogen-bond acceptors (Lipinski definition) is 4. The van der Waals surface area contributed by atoms with Gasteiger partial charge in [0.05, 0.1) is 12.2 Å². The SMILES string of the molecule is CCOCCC(=O)c1cnccc1N. The average Bonchev–Trinajstić information content (AvgIpc) is 2.18. The van der Waals surface area contributed by atoms with Crippen molar-refractivity contribution in [3.05, 3.63) is 24.0 Å². The van der Waals surface area contributed by atoms with Crippen molar-refractivity contribution in [3.63, 3.8) is 0 Å². The van der Waals surface area contributed by atoms with Gasteiger partial charge in [-0.2, -0.15) is 0 Å². The van der Waals surface area contributed by atoms with Crippen molar-refractivity contribution in [2.75, 3.05) is 18.9 Å². The van der Waals surface area contributed by atoms with E-state index in [0.717, 1.165) is 0 Å². The number of nitrogens with two attached hydrogens (primary N) is 1. The van der Waals surface area contributed by atoms with Crippen molar-refractivity contribution < 1.29 is 9.53 Å². The Labute approximate surface area is 83.1 Å². The molecule has 0 aliphatic heterocycles. The Bertz CT molecular complexity index is 313. The van der Waals surface area contributed by atoms with Crippen LogP contribution in [0.4, 0.5) is 5.69 Å². The molecule has 1 rings (SSSR count). The molecule has 1 heterocycles. The van der Waals surface area contributed by atoms with Crippen LogP contribution < -0.4 is 5.73 Å². The number of Topliss-reactive ketones (excluding diaryl/α,β-unsaturated/α-hetero) is 1. The topological polar surface area (TPSA) is 65.2 Å². The van der Waals surface area contributed by atoms with E-state index in [4.69, 9.17) is 10.5 Å². The molecule has 0 fully saturated rings. The van der Waals surface area contributed by atoms with E-state index in [2.05, 4.69) is 4.98 Å². The Balaban J connectivity index is 2.56. The van der Waals surface area contributed by atoms with Crippen molar-refractivity contribution in [1.29, 1.82) is 0 Å². The van der Waals surface area contributed by atoms with Crippen molar-refractivity contribution in [2.45, 2.75) is 13.3 Å². The molecule has 0 aromatic carbocycles. The summed E-state index contributed by atoms with van der Waals surface area (Å²) in [7, 11) is 0. The van der Waals surface area contributed by atoms with E-state index in [1.165, 1.54) is 6.20 Å². The smallest absolute Gasteiger partial charge is 0.168 e. The summed E-state index contributed by atoms with van der Waals surface area (Å²) in [5, 5.41) is 0. The molecule has 4 nitrogen and oxygen atoms in total. The number of pyridine rings is 1. The standard InChI is InChI=1S/C10H14N2O2/c1-2-14-6-4-10(13)8-7-12-5-3-9(8)11/h3,5,7H,2,4,6H2,1H3,(H2,11,12). The van der Waals surface area contributed by atoms with E-state index in [1.807, 2.05) is 6.92 Å². The van der Waals surface area contributed by atoms with Gasteiger partial charge in [0.15, 0.2) is 5.78 Å². The molecule has 0 radical (unpaired) electrons. The number of carbonyl (C=O) groups excluding carboxylic acids is 1. The zero-order valence-corrected chi connectivity index (χ0v) is 8.19. The van der Waals surface area contributed by atoms with Crippen LogP contribution in [0.15, 0.2) is 18.5 Å². The van der Waals surface area contributed by atoms with Crippen LogP contribution in [0.5, 0.6) is 0 Å². The van der Waals surface area contributed by atoms with Gasteiger partial charge in [-0.1, -0.05) is 0 Å². The molecule has 0 amide bonds. The van der Waals surface area contributed by atoms with E-state index < -0.39 is 0 Å². The largest absolute Gasteiger partial charge is 0.398 e. The number of nitrogen functional groups attached to an aromatic ring is 1. The van der Waals surface area contributed by atoms with E-state index in [9.17, 15) is 4.79 Å². The molecule has 0 saturated carbocycles.